The number of amides is 2. The van der Waals surface area contributed by atoms with Gasteiger partial charge >= 0.3 is 6.09 Å². The van der Waals surface area contributed by atoms with E-state index in [9.17, 15) is 14.0 Å². The highest BCUT2D eigenvalue weighted by molar-refractivity contribution is 6.30. The molecule has 0 saturated heterocycles. The Hall–Kier alpha value is -3.46. The van der Waals surface area contributed by atoms with Crippen molar-refractivity contribution in [1.82, 2.24) is 15.0 Å². The van der Waals surface area contributed by atoms with Gasteiger partial charge in [-0.25, -0.2) is 9.18 Å². The second-order valence-electron chi connectivity index (χ2n) is 7.68. The van der Waals surface area contributed by atoms with Gasteiger partial charge in [-0.2, -0.15) is 9.90 Å². The molecule has 2 amide bonds. The number of ether oxygens (including phenoxy) is 1. The van der Waals surface area contributed by atoms with Gasteiger partial charge in [-0.15, -0.1) is 5.10 Å². The van der Waals surface area contributed by atoms with Gasteiger partial charge < -0.3 is 10.1 Å². The lowest BCUT2D eigenvalue weighted by Gasteiger charge is -2.19. The molecule has 0 aliphatic rings. The summed E-state index contributed by atoms with van der Waals surface area (Å²) in [5, 5.41) is 13.8. The number of halogens is 2. The van der Waals surface area contributed by atoms with Gasteiger partial charge in [0.2, 0.25) is 0 Å². The molecule has 1 heterocycles. The summed E-state index contributed by atoms with van der Waals surface area (Å²) in [5.41, 5.74) is 0.378. The van der Waals surface area contributed by atoms with Crippen LogP contribution in [0.2, 0.25) is 5.02 Å². The van der Waals surface area contributed by atoms with Crippen LogP contribution in [0.15, 0.2) is 42.5 Å². The highest BCUT2D eigenvalue weighted by Gasteiger charge is 2.20. The van der Waals surface area contributed by atoms with Crippen molar-refractivity contribution >= 4 is 35.0 Å². The second-order valence-corrected chi connectivity index (χ2v) is 8.12. The zero-order chi connectivity index (χ0) is 22.8. The highest BCUT2D eigenvalue weighted by Crippen LogP contribution is 2.22. The maximum absolute atomic E-state index is 14.3. The van der Waals surface area contributed by atoms with Crippen molar-refractivity contribution in [1.29, 1.82) is 0 Å². The lowest BCUT2D eigenvalue weighted by atomic mass is 10.2. The number of carbonyl (C=O) groups is 2. The lowest BCUT2D eigenvalue weighted by Crippen LogP contribution is -2.27. The van der Waals surface area contributed by atoms with Gasteiger partial charge in [0.1, 0.15) is 11.4 Å². The molecule has 1 aromatic heterocycles. The van der Waals surface area contributed by atoms with E-state index >= 15 is 0 Å². The minimum atomic E-state index is -0.698. The van der Waals surface area contributed by atoms with Gasteiger partial charge in [0.05, 0.1) is 17.1 Å². The fourth-order valence-corrected chi connectivity index (χ4v) is 2.79. The summed E-state index contributed by atoms with van der Waals surface area (Å²) in [5.74, 6) is -1.33. The number of nitrogens with zero attached hydrogens (tertiary/aromatic N) is 3. The van der Waals surface area contributed by atoms with E-state index in [2.05, 4.69) is 20.8 Å². The molecule has 162 valence electrons. The maximum Gasteiger partial charge on any atom is 0.412 e. The molecular weight excluding hydrogens is 425 g/mol. The first-order chi connectivity index (χ1) is 14.5. The topological polar surface area (TPSA) is 98.1 Å². The van der Waals surface area contributed by atoms with Gasteiger partial charge in [-0.3, -0.25) is 10.1 Å². The van der Waals surface area contributed by atoms with Crippen LogP contribution in [0.3, 0.4) is 0 Å². The van der Waals surface area contributed by atoms with E-state index in [-0.39, 0.29) is 17.1 Å². The fourth-order valence-electron chi connectivity index (χ4n) is 2.61. The van der Waals surface area contributed by atoms with Crippen molar-refractivity contribution < 1.29 is 18.7 Å². The molecule has 0 spiro atoms. The summed E-state index contributed by atoms with van der Waals surface area (Å²) in [6.45, 7) is 6.78. The summed E-state index contributed by atoms with van der Waals surface area (Å²) in [4.78, 5) is 25.9. The summed E-state index contributed by atoms with van der Waals surface area (Å²) >= 11 is 5.99. The van der Waals surface area contributed by atoms with E-state index in [0.717, 1.165) is 6.07 Å². The van der Waals surface area contributed by atoms with E-state index in [1.165, 1.54) is 16.9 Å². The smallest absolute Gasteiger partial charge is 0.412 e. The third-order valence-corrected chi connectivity index (χ3v) is 4.13. The molecule has 0 saturated carbocycles. The van der Waals surface area contributed by atoms with Crippen molar-refractivity contribution in [2.24, 2.45) is 0 Å². The van der Waals surface area contributed by atoms with Crippen molar-refractivity contribution in [2.45, 2.75) is 33.3 Å². The van der Waals surface area contributed by atoms with Gasteiger partial charge in [0.15, 0.2) is 5.69 Å². The maximum atomic E-state index is 14.3. The Bertz CT molecular complexity index is 1140. The van der Waals surface area contributed by atoms with E-state index in [4.69, 9.17) is 16.3 Å². The first kappa shape index (κ1) is 22.2. The number of anilines is 2. The number of benzene rings is 2. The van der Waals surface area contributed by atoms with Gasteiger partial charge in [-0.05, 0) is 64.1 Å². The van der Waals surface area contributed by atoms with Crippen LogP contribution in [0, 0.1) is 12.7 Å². The van der Waals surface area contributed by atoms with Gasteiger partial charge in [0, 0.05) is 10.7 Å². The molecule has 0 atom stereocenters. The third kappa shape index (κ3) is 5.79. The Balaban J connectivity index is 1.78. The Morgan fingerprint density at radius 3 is 2.52 bits per heavy atom. The highest BCUT2D eigenvalue weighted by atomic mass is 35.5. The van der Waals surface area contributed by atoms with E-state index < -0.39 is 23.4 Å². The molecule has 0 aliphatic carbocycles. The molecule has 0 fully saturated rings. The van der Waals surface area contributed by atoms with Crippen LogP contribution in [0.5, 0.6) is 0 Å². The monoisotopic (exact) mass is 445 g/mol. The summed E-state index contributed by atoms with van der Waals surface area (Å²) in [7, 11) is 0. The molecule has 2 aromatic carbocycles. The number of aromatic nitrogens is 3. The normalized spacial score (nSPS) is 11.2. The summed E-state index contributed by atoms with van der Waals surface area (Å²) in [6.07, 6.45) is -0.698. The SMILES string of the molecule is Cc1nn(-c2cccc(Cl)c2)nc1C(=O)Nc1cc(NC(=O)OC(C)(C)C)ccc1F. The average Bonchev–Trinajstić information content (AvgIpc) is 3.05. The molecule has 8 nitrogen and oxygen atoms in total. The van der Waals surface area contributed by atoms with Crippen LogP contribution in [-0.2, 0) is 4.74 Å². The van der Waals surface area contributed by atoms with Crippen molar-refractivity contribution in [3.8, 4) is 5.69 Å². The molecule has 10 heteroatoms. The lowest BCUT2D eigenvalue weighted by molar-refractivity contribution is 0.0635. The van der Waals surface area contributed by atoms with E-state index in [1.807, 2.05) is 0 Å². The van der Waals surface area contributed by atoms with E-state index in [1.54, 1.807) is 52.0 Å². The zero-order valence-corrected chi connectivity index (χ0v) is 18.1. The Morgan fingerprint density at radius 1 is 1.10 bits per heavy atom. The largest absolute Gasteiger partial charge is 0.444 e. The second kappa shape index (κ2) is 8.73. The van der Waals surface area contributed by atoms with Crippen LogP contribution < -0.4 is 10.6 Å². The van der Waals surface area contributed by atoms with Crippen molar-refractivity contribution in [3.63, 3.8) is 0 Å². The molecule has 0 unspecified atom stereocenters. The predicted molar refractivity (Wildman–Crippen MR) is 115 cm³/mol. The van der Waals surface area contributed by atoms with Crippen LogP contribution in [-0.4, -0.2) is 32.6 Å². The minimum Gasteiger partial charge on any atom is -0.444 e. The summed E-state index contributed by atoms with van der Waals surface area (Å²) in [6, 6.07) is 10.6. The fraction of sp³-hybridized carbons (Fsp3) is 0.238. The summed E-state index contributed by atoms with van der Waals surface area (Å²) < 4.78 is 19.4. The Labute approximate surface area is 183 Å². The standard InChI is InChI=1S/C21H21ClFN5O3/c1-12-18(27-28(26-12)15-7-5-6-13(22)10-15)19(29)25-17-11-14(8-9-16(17)23)24-20(30)31-21(2,3)4/h5-11H,1-4H3,(H,24,30)(H,25,29). The molecule has 2 N–H and O–H groups in total. The molecule has 31 heavy (non-hydrogen) atoms. The van der Waals surface area contributed by atoms with Crippen LogP contribution in [0.1, 0.15) is 37.0 Å². The molecule has 0 bridgehead atoms. The van der Waals surface area contributed by atoms with E-state index in [0.29, 0.717) is 16.4 Å². The number of rotatable bonds is 4. The first-order valence-electron chi connectivity index (χ1n) is 9.32. The molecule has 3 rings (SSSR count). The molecule has 0 radical (unpaired) electrons. The number of aryl methyl sites for hydroxylation is 1. The quantitative estimate of drug-likeness (QED) is 0.591. The number of hydrogen-bond acceptors (Lipinski definition) is 5. The molecular formula is C21H21ClFN5O3. The number of nitrogens with one attached hydrogen (secondary N) is 2. The zero-order valence-electron chi connectivity index (χ0n) is 17.4. The third-order valence-electron chi connectivity index (χ3n) is 3.90. The van der Waals surface area contributed by atoms with Crippen molar-refractivity contribution in [2.75, 3.05) is 10.6 Å². The van der Waals surface area contributed by atoms with Crippen LogP contribution in [0.4, 0.5) is 20.6 Å². The Kier molecular flexibility index (Phi) is 6.26. The predicted octanol–water partition coefficient (Wildman–Crippen LogP) is 4.97. The minimum absolute atomic E-state index is 0.0184. The average molecular weight is 446 g/mol. The molecule has 0 aliphatic heterocycles. The Morgan fingerprint density at radius 2 is 1.84 bits per heavy atom. The first-order valence-corrected chi connectivity index (χ1v) is 9.70. The van der Waals surface area contributed by atoms with Crippen molar-refractivity contribution in [3.05, 3.63) is 64.7 Å². The molecule has 3 aromatic rings. The van der Waals surface area contributed by atoms with Crippen LogP contribution in [0.25, 0.3) is 5.69 Å². The number of hydrogen-bond donors (Lipinski definition) is 2. The van der Waals surface area contributed by atoms with Gasteiger partial charge in [-0.1, -0.05) is 17.7 Å². The van der Waals surface area contributed by atoms with Gasteiger partial charge in [0.25, 0.3) is 5.91 Å². The van der Waals surface area contributed by atoms with Crippen LogP contribution >= 0.6 is 11.6 Å². The number of carbonyl (C=O) groups excluding carboxylic acids is 2.